The third-order valence-electron chi connectivity index (χ3n) is 2.80. The van der Waals surface area contributed by atoms with Gasteiger partial charge in [-0.1, -0.05) is 25.1 Å². The van der Waals surface area contributed by atoms with Gasteiger partial charge in [-0.05, 0) is 37.1 Å². The van der Waals surface area contributed by atoms with E-state index in [4.69, 9.17) is 4.74 Å². The van der Waals surface area contributed by atoms with Crippen molar-refractivity contribution < 1.29 is 4.74 Å². The van der Waals surface area contributed by atoms with Crippen LogP contribution in [0.3, 0.4) is 0 Å². The number of aromatic nitrogens is 1. The maximum Gasteiger partial charge on any atom is 0.142 e. The SMILES string of the molecule is CCCOc1ccccc1NCc1ccc(C)nc1. The third kappa shape index (κ3) is 3.98. The van der Waals surface area contributed by atoms with Crippen LogP contribution < -0.4 is 10.1 Å². The van der Waals surface area contributed by atoms with E-state index in [1.54, 1.807) is 0 Å². The monoisotopic (exact) mass is 256 g/mol. The Morgan fingerprint density at radius 1 is 1.16 bits per heavy atom. The molecule has 3 nitrogen and oxygen atoms in total. The summed E-state index contributed by atoms with van der Waals surface area (Å²) in [4.78, 5) is 4.29. The molecule has 1 heterocycles. The number of para-hydroxylation sites is 2. The second-order valence-corrected chi connectivity index (χ2v) is 4.51. The summed E-state index contributed by atoms with van der Waals surface area (Å²) in [5.41, 5.74) is 3.22. The number of ether oxygens (including phenoxy) is 1. The maximum absolute atomic E-state index is 5.72. The molecule has 0 unspecified atom stereocenters. The molecule has 100 valence electrons. The van der Waals surface area contributed by atoms with Gasteiger partial charge in [-0.3, -0.25) is 4.98 Å². The van der Waals surface area contributed by atoms with E-state index in [-0.39, 0.29) is 0 Å². The zero-order valence-electron chi connectivity index (χ0n) is 11.5. The summed E-state index contributed by atoms with van der Waals surface area (Å²) < 4.78 is 5.72. The molecule has 0 spiro atoms. The highest BCUT2D eigenvalue weighted by Gasteiger charge is 2.02. The Labute approximate surface area is 114 Å². The van der Waals surface area contributed by atoms with Crippen molar-refractivity contribution >= 4 is 5.69 Å². The molecule has 3 heteroatoms. The molecule has 0 atom stereocenters. The van der Waals surface area contributed by atoms with E-state index in [2.05, 4.69) is 23.3 Å². The van der Waals surface area contributed by atoms with Crippen molar-refractivity contribution in [3.63, 3.8) is 0 Å². The number of rotatable bonds is 6. The highest BCUT2D eigenvalue weighted by molar-refractivity contribution is 5.56. The van der Waals surface area contributed by atoms with Crippen LogP contribution >= 0.6 is 0 Å². The summed E-state index contributed by atoms with van der Waals surface area (Å²) in [7, 11) is 0. The lowest BCUT2D eigenvalue weighted by Gasteiger charge is -2.12. The van der Waals surface area contributed by atoms with Crippen LogP contribution in [0.2, 0.25) is 0 Å². The minimum absolute atomic E-state index is 0.741. The Morgan fingerprint density at radius 2 is 2.00 bits per heavy atom. The molecule has 1 N–H and O–H groups in total. The van der Waals surface area contributed by atoms with Crippen LogP contribution in [-0.4, -0.2) is 11.6 Å². The summed E-state index contributed by atoms with van der Waals surface area (Å²) in [5, 5.41) is 3.39. The van der Waals surface area contributed by atoms with Gasteiger partial charge in [0.15, 0.2) is 0 Å². The highest BCUT2D eigenvalue weighted by atomic mass is 16.5. The molecular formula is C16H20N2O. The van der Waals surface area contributed by atoms with Crippen molar-refractivity contribution in [2.75, 3.05) is 11.9 Å². The van der Waals surface area contributed by atoms with Crippen LogP contribution in [0.1, 0.15) is 24.6 Å². The Kier molecular flexibility index (Phi) is 4.78. The molecule has 0 amide bonds. The predicted octanol–water partition coefficient (Wildman–Crippen LogP) is 3.79. The molecule has 0 fully saturated rings. The van der Waals surface area contributed by atoms with E-state index in [9.17, 15) is 0 Å². The fourth-order valence-corrected chi connectivity index (χ4v) is 1.75. The van der Waals surface area contributed by atoms with E-state index in [1.807, 2.05) is 43.5 Å². The average molecular weight is 256 g/mol. The first kappa shape index (κ1) is 13.4. The number of pyridine rings is 1. The predicted molar refractivity (Wildman–Crippen MR) is 78.5 cm³/mol. The zero-order valence-corrected chi connectivity index (χ0v) is 11.5. The lowest BCUT2D eigenvalue weighted by atomic mass is 10.2. The topological polar surface area (TPSA) is 34.1 Å². The number of nitrogens with zero attached hydrogens (tertiary/aromatic N) is 1. The molecule has 0 radical (unpaired) electrons. The maximum atomic E-state index is 5.72. The molecular weight excluding hydrogens is 236 g/mol. The van der Waals surface area contributed by atoms with E-state index in [0.717, 1.165) is 42.3 Å². The van der Waals surface area contributed by atoms with Crippen LogP contribution in [0, 0.1) is 6.92 Å². The molecule has 19 heavy (non-hydrogen) atoms. The van der Waals surface area contributed by atoms with Crippen LogP contribution in [0.4, 0.5) is 5.69 Å². The van der Waals surface area contributed by atoms with Crippen molar-refractivity contribution in [2.24, 2.45) is 0 Å². The molecule has 0 aliphatic carbocycles. The molecule has 0 aliphatic heterocycles. The van der Waals surface area contributed by atoms with Gasteiger partial charge in [0, 0.05) is 18.4 Å². The first-order valence-corrected chi connectivity index (χ1v) is 6.67. The zero-order chi connectivity index (χ0) is 13.5. The molecule has 2 rings (SSSR count). The number of benzene rings is 1. The van der Waals surface area contributed by atoms with Crippen molar-refractivity contribution in [1.82, 2.24) is 4.98 Å². The van der Waals surface area contributed by atoms with Gasteiger partial charge in [-0.15, -0.1) is 0 Å². The van der Waals surface area contributed by atoms with E-state index in [0.29, 0.717) is 0 Å². The summed E-state index contributed by atoms with van der Waals surface area (Å²) in [6.45, 7) is 5.59. The summed E-state index contributed by atoms with van der Waals surface area (Å²) >= 11 is 0. The van der Waals surface area contributed by atoms with Crippen molar-refractivity contribution in [2.45, 2.75) is 26.8 Å². The normalized spacial score (nSPS) is 10.2. The number of nitrogens with one attached hydrogen (secondary N) is 1. The summed E-state index contributed by atoms with van der Waals surface area (Å²) in [5.74, 6) is 0.907. The number of hydrogen-bond donors (Lipinski definition) is 1. The van der Waals surface area contributed by atoms with Gasteiger partial charge >= 0.3 is 0 Å². The van der Waals surface area contributed by atoms with Gasteiger partial charge in [-0.25, -0.2) is 0 Å². The Bertz CT molecular complexity index is 508. The molecule has 0 bridgehead atoms. The number of aryl methyl sites for hydroxylation is 1. The molecule has 1 aromatic heterocycles. The lowest BCUT2D eigenvalue weighted by molar-refractivity contribution is 0.319. The fourth-order valence-electron chi connectivity index (χ4n) is 1.75. The Balaban J connectivity index is 2.00. The van der Waals surface area contributed by atoms with Crippen LogP contribution in [0.25, 0.3) is 0 Å². The molecule has 0 aliphatic rings. The molecule has 0 saturated heterocycles. The first-order valence-electron chi connectivity index (χ1n) is 6.67. The largest absolute Gasteiger partial charge is 0.491 e. The van der Waals surface area contributed by atoms with Gasteiger partial charge in [0.25, 0.3) is 0 Å². The summed E-state index contributed by atoms with van der Waals surface area (Å²) in [6, 6.07) is 12.1. The standard InChI is InChI=1S/C16H20N2O/c1-3-10-19-16-7-5-4-6-15(16)18-12-14-9-8-13(2)17-11-14/h4-9,11,18H,3,10,12H2,1-2H3. The number of anilines is 1. The van der Waals surface area contributed by atoms with Gasteiger partial charge in [0.2, 0.25) is 0 Å². The lowest BCUT2D eigenvalue weighted by Crippen LogP contribution is -2.03. The van der Waals surface area contributed by atoms with Crippen LogP contribution in [-0.2, 0) is 6.54 Å². The van der Waals surface area contributed by atoms with Gasteiger partial charge < -0.3 is 10.1 Å². The van der Waals surface area contributed by atoms with E-state index in [1.165, 1.54) is 0 Å². The van der Waals surface area contributed by atoms with Crippen molar-refractivity contribution in [1.29, 1.82) is 0 Å². The van der Waals surface area contributed by atoms with E-state index >= 15 is 0 Å². The molecule has 1 aromatic carbocycles. The second kappa shape index (κ2) is 6.78. The minimum Gasteiger partial charge on any atom is -0.491 e. The minimum atomic E-state index is 0.741. The molecule has 2 aromatic rings. The van der Waals surface area contributed by atoms with Gasteiger partial charge in [0.1, 0.15) is 5.75 Å². The highest BCUT2D eigenvalue weighted by Crippen LogP contribution is 2.24. The van der Waals surface area contributed by atoms with Crippen LogP contribution in [0.5, 0.6) is 5.75 Å². The Hall–Kier alpha value is -2.03. The third-order valence-corrected chi connectivity index (χ3v) is 2.80. The fraction of sp³-hybridized carbons (Fsp3) is 0.312. The van der Waals surface area contributed by atoms with Crippen LogP contribution in [0.15, 0.2) is 42.6 Å². The quantitative estimate of drug-likeness (QED) is 0.853. The average Bonchev–Trinajstić information content (AvgIpc) is 2.45. The van der Waals surface area contributed by atoms with Crippen molar-refractivity contribution in [3.05, 3.63) is 53.9 Å². The number of hydrogen-bond acceptors (Lipinski definition) is 3. The smallest absolute Gasteiger partial charge is 0.142 e. The van der Waals surface area contributed by atoms with Gasteiger partial charge in [-0.2, -0.15) is 0 Å². The van der Waals surface area contributed by atoms with E-state index < -0.39 is 0 Å². The van der Waals surface area contributed by atoms with Gasteiger partial charge in [0.05, 0.1) is 12.3 Å². The first-order chi connectivity index (χ1) is 9.29. The molecule has 0 saturated carbocycles. The summed E-state index contributed by atoms with van der Waals surface area (Å²) in [6.07, 6.45) is 2.91. The second-order valence-electron chi connectivity index (χ2n) is 4.51. The van der Waals surface area contributed by atoms with Crippen molar-refractivity contribution in [3.8, 4) is 5.75 Å². The Morgan fingerprint density at radius 3 is 2.74 bits per heavy atom.